The first-order chi connectivity index (χ1) is 7.72. The Morgan fingerprint density at radius 2 is 1.88 bits per heavy atom. The van der Waals surface area contributed by atoms with E-state index >= 15 is 0 Å². The Hall–Kier alpha value is -1.18. The van der Waals surface area contributed by atoms with Gasteiger partial charge in [-0.3, -0.25) is 0 Å². The highest BCUT2D eigenvalue weighted by molar-refractivity contribution is 6.28. The van der Waals surface area contributed by atoms with E-state index in [0.717, 1.165) is 0 Å². The van der Waals surface area contributed by atoms with Crippen molar-refractivity contribution in [2.75, 3.05) is 39.3 Å². The maximum atomic E-state index is 5.56. The molecular weight excluding hydrogens is 236 g/mol. The van der Waals surface area contributed by atoms with Crippen LogP contribution < -0.4 is 10.5 Å². The van der Waals surface area contributed by atoms with E-state index in [9.17, 15) is 0 Å². The van der Waals surface area contributed by atoms with E-state index in [1.54, 1.807) is 7.11 Å². The van der Waals surface area contributed by atoms with Crippen molar-refractivity contribution >= 4 is 17.5 Å². The number of halogens is 1. The van der Waals surface area contributed by atoms with Gasteiger partial charge in [0.25, 0.3) is 0 Å². The van der Waals surface area contributed by atoms with Crippen LogP contribution in [0.5, 0.6) is 6.01 Å². The van der Waals surface area contributed by atoms with Gasteiger partial charge in [0.2, 0.25) is 11.2 Å². The van der Waals surface area contributed by atoms with Gasteiger partial charge in [-0.15, -0.1) is 0 Å². The molecule has 0 atom stereocenters. The minimum absolute atomic E-state index is 0.00259. The highest BCUT2D eigenvalue weighted by Crippen LogP contribution is 2.08. The first-order valence-corrected chi connectivity index (χ1v) is 4.96. The molecular formula is C8H13ClN4O3. The van der Waals surface area contributed by atoms with Gasteiger partial charge in [0.1, 0.15) is 6.61 Å². The van der Waals surface area contributed by atoms with Gasteiger partial charge in [-0.05, 0) is 11.6 Å². The van der Waals surface area contributed by atoms with Gasteiger partial charge in [-0.25, -0.2) is 0 Å². The highest BCUT2D eigenvalue weighted by Gasteiger charge is 2.02. The molecule has 0 amide bonds. The number of hydrogen-bond donors (Lipinski definition) is 1. The SMILES string of the molecule is COCCOCCOc1nc(N)nc(Cl)n1. The van der Waals surface area contributed by atoms with Crippen LogP contribution in [0.4, 0.5) is 5.95 Å². The standard InChI is InChI=1S/C8H13ClN4O3/c1-14-2-3-15-4-5-16-8-12-6(9)11-7(10)13-8/h2-5H2,1H3,(H2,10,11,12,13). The summed E-state index contributed by atoms with van der Waals surface area (Å²) in [7, 11) is 1.61. The fourth-order valence-electron chi connectivity index (χ4n) is 0.847. The molecule has 0 saturated carbocycles. The Morgan fingerprint density at radius 3 is 2.56 bits per heavy atom. The summed E-state index contributed by atoms with van der Waals surface area (Å²) in [5.41, 5.74) is 5.35. The number of nitrogens with zero attached hydrogens (tertiary/aromatic N) is 3. The predicted octanol–water partition coefficient (Wildman–Crippen LogP) is 0.149. The van der Waals surface area contributed by atoms with Gasteiger partial charge in [-0.1, -0.05) is 0 Å². The molecule has 16 heavy (non-hydrogen) atoms. The minimum Gasteiger partial charge on any atom is -0.461 e. The molecule has 0 unspecified atom stereocenters. The summed E-state index contributed by atoms with van der Waals surface area (Å²) in [4.78, 5) is 11.1. The fraction of sp³-hybridized carbons (Fsp3) is 0.625. The van der Waals surface area contributed by atoms with Crippen LogP contribution in [0.3, 0.4) is 0 Å². The molecule has 0 bridgehead atoms. The topological polar surface area (TPSA) is 92.4 Å². The molecule has 0 fully saturated rings. The number of rotatable bonds is 7. The quantitative estimate of drug-likeness (QED) is 0.687. The third-order valence-corrected chi connectivity index (χ3v) is 1.66. The van der Waals surface area contributed by atoms with Gasteiger partial charge in [-0.2, -0.15) is 15.0 Å². The summed E-state index contributed by atoms with van der Waals surface area (Å²) in [5.74, 6) is 0.0234. The number of methoxy groups -OCH3 is 1. The van der Waals surface area contributed by atoms with E-state index in [1.807, 2.05) is 0 Å². The zero-order chi connectivity index (χ0) is 11.8. The summed E-state index contributed by atoms with van der Waals surface area (Å²) in [6.45, 7) is 1.78. The van der Waals surface area contributed by atoms with Crippen LogP contribution in [0.15, 0.2) is 0 Å². The van der Waals surface area contributed by atoms with Crippen molar-refractivity contribution in [2.45, 2.75) is 0 Å². The van der Waals surface area contributed by atoms with Crippen LogP contribution in [-0.2, 0) is 9.47 Å². The molecule has 1 rings (SSSR count). The zero-order valence-corrected chi connectivity index (χ0v) is 9.61. The maximum Gasteiger partial charge on any atom is 0.322 e. The van der Waals surface area contributed by atoms with E-state index in [1.165, 1.54) is 0 Å². The number of aromatic nitrogens is 3. The van der Waals surface area contributed by atoms with Crippen LogP contribution in [0.25, 0.3) is 0 Å². The van der Waals surface area contributed by atoms with Crippen molar-refractivity contribution in [1.29, 1.82) is 0 Å². The molecule has 1 heterocycles. The number of hydrogen-bond acceptors (Lipinski definition) is 7. The van der Waals surface area contributed by atoms with Gasteiger partial charge >= 0.3 is 6.01 Å². The third-order valence-electron chi connectivity index (χ3n) is 1.50. The third kappa shape index (κ3) is 5.06. The van der Waals surface area contributed by atoms with Gasteiger partial charge in [0.15, 0.2) is 0 Å². The molecule has 0 saturated heterocycles. The smallest absolute Gasteiger partial charge is 0.322 e. The molecule has 8 heteroatoms. The molecule has 2 N–H and O–H groups in total. The maximum absolute atomic E-state index is 5.56. The van der Waals surface area contributed by atoms with Crippen molar-refractivity contribution < 1.29 is 14.2 Å². The lowest BCUT2D eigenvalue weighted by molar-refractivity contribution is 0.0528. The average Bonchev–Trinajstić information content (AvgIpc) is 2.22. The van der Waals surface area contributed by atoms with Crippen molar-refractivity contribution in [3.05, 3.63) is 5.28 Å². The van der Waals surface area contributed by atoms with Crippen molar-refractivity contribution in [3.8, 4) is 6.01 Å². The second-order valence-corrected chi connectivity index (χ2v) is 3.04. The molecule has 0 radical (unpaired) electrons. The molecule has 0 aliphatic carbocycles. The molecule has 0 aliphatic heterocycles. The van der Waals surface area contributed by atoms with E-state index in [-0.39, 0.29) is 17.2 Å². The number of ether oxygens (including phenoxy) is 3. The van der Waals surface area contributed by atoms with Gasteiger partial charge < -0.3 is 19.9 Å². The Kier molecular flexibility index (Phi) is 5.76. The van der Waals surface area contributed by atoms with E-state index in [0.29, 0.717) is 26.4 Å². The Labute approximate surface area is 97.9 Å². The minimum atomic E-state index is 0.00259. The van der Waals surface area contributed by atoms with E-state index < -0.39 is 0 Å². The first kappa shape index (κ1) is 12.9. The van der Waals surface area contributed by atoms with Crippen molar-refractivity contribution in [3.63, 3.8) is 0 Å². The monoisotopic (exact) mass is 248 g/mol. The second kappa shape index (κ2) is 7.15. The molecule has 0 aromatic carbocycles. The molecule has 1 aromatic heterocycles. The summed E-state index contributed by atoms with van der Waals surface area (Å²) < 4.78 is 15.1. The molecule has 0 spiro atoms. The van der Waals surface area contributed by atoms with Crippen LogP contribution in [-0.4, -0.2) is 48.5 Å². The molecule has 90 valence electrons. The lowest BCUT2D eigenvalue weighted by Crippen LogP contribution is -2.12. The second-order valence-electron chi connectivity index (χ2n) is 2.70. The number of anilines is 1. The fourth-order valence-corrected chi connectivity index (χ4v) is 1.01. The predicted molar refractivity (Wildman–Crippen MR) is 57.4 cm³/mol. The Bertz CT molecular complexity index is 306. The lowest BCUT2D eigenvalue weighted by atomic mass is 10.7. The van der Waals surface area contributed by atoms with E-state index in [2.05, 4.69) is 15.0 Å². The summed E-state index contributed by atoms with van der Waals surface area (Å²) in [6.07, 6.45) is 0. The number of nitrogen functional groups attached to an aromatic ring is 1. The molecule has 1 aromatic rings. The summed E-state index contributed by atoms with van der Waals surface area (Å²) >= 11 is 5.56. The molecule has 7 nitrogen and oxygen atoms in total. The normalized spacial score (nSPS) is 10.4. The molecule has 0 aliphatic rings. The van der Waals surface area contributed by atoms with Crippen LogP contribution in [0.2, 0.25) is 5.28 Å². The lowest BCUT2D eigenvalue weighted by Gasteiger charge is -2.05. The number of nitrogens with two attached hydrogens (primary N) is 1. The van der Waals surface area contributed by atoms with Crippen LogP contribution >= 0.6 is 11.6 Å². The summed E-state index contributed by atoms with van der Waals surface area (Å²) in [5, 5.41) is 0.00259. The van der Waals surface area contributed by atoms with E-state index in [4.69, 9.17) is 31.5 Å². The van der Waals surface area contributed by atoms with Gasteiger partial charge in [0.05, 0.1) is 19.8 Å². The summed E-state index contributed by atoms with van der Waals surface area (Å²) in [6, 6.07) is 0.0906. The van der Waals surface area contributed by atoms with Crippen molar-refractivity contribution in [2.24, 2.45) is 0 Å². The largest absolute Gasteiger partial charge is 0.461 e. The Balaban J connectivity index is 2.21. The average molecular weight is 249 g/mol. The highest BCUT2D eigenvalue weighted by atomic mass is 35.5. The van der Waals surface area contributed by atoms with Crippen LogP contribution in [0.1, 0.15) is 0 Å². The first-order valence-electron chi connectivity index (χ1n) is 4.59. The van der Waals surface area contributed by atoms with Crippen molar-refractivity contribution in [1.82, 2.24) is 15.0 Å². The van der Waals surface area contributed by atoms with Crippen LogP contribution in [0, 0.1) is 0 Å². The zero-order valence-electron chi connectivity index (χ0n) is 8.85. The Morgan fingerprint density at radius 1 is 1.12 bits per heavy atom. The van der Waals surface area contributed by atoms with Gasteiger partial charge in [0, 0.05) is 7.11 Å².